The van der Waals surface area contributed by atoms with Crippen molar-refractivity contribution >= 4 is 23.6 Å². The molecule has 0 bridgehead atoms. The zero-order valence-electron chi connectivity index (χ0n) is 16.4. The lowest BCUT2D eigenvalue weighted by Crippen LogP contribution is -2.39. The first-order valence-electron chi connectivity index (χ1n) is 9.48. The van der Waals surface area contributed by atoms with Crippen LogP contribution in [0.15, 0.2) is 54.1 Å². The molecule has 0 fully saturated rings. The highest BCUT2D eigenvalue weighted by Gasteiger charge is 2.30. The lowest BCUT2D eigenvalue weighted by atomic mass is 10.1. The maximum absolute atomic E-state index is 12.7. The molecule has 1 atom stereocenters. The molecule has 148 valence electrons. The summed E-state index contributed by atoms with van der Waals surface area (Å²) < 4.78 is 10.7. The molecule has 1 amide bonds. The van der Waals surface area contributed by atoms with Gasteiger partial charge in [-0.15, -0.1) is 0 Å². The van der Waals surface area contributed by atoms with Crippen LogP contribution in [-0.4, -0.2) is 31.1 Å². The fraction of sp³-hybridized carbons (Fsp3) is 0.261. The fourth-order valence-electron chi connectivity index (χ4n) is 3.19. The molecule has 0 unspecified atom stereocenters. The fourth-order valence-corrected chi connectivity index (χ4v) is 3.19. The first-order valence-corrected chi connectivity index (χ1v) is 9.48. The summed E-state index contributed by atoms with van der Waals surface area (Å²) in [4.78, 5) is 26.8. The van der Waals surface area contributed by atoms with E-state index < -0.39 is 12.1 Å². The summed E-state index contributed by atoms with van der Waals surface area (Å²) in [5.41, 5.74) is 2.42. The van der Waals surface area contributed by atoms with Gasteiger partial charge in [-0.3, -0.25) is 4.79 Å². The molecule has 29 heavy (non-hydrogen) atoms. The standard InChI is InChI=1S/C23H22N2O4/c1-3-28-20-10-8-17(9-11-20)14-19(15-24)23(27)29-16(2)22(26)25-13-12-18-6-4-5-7-21(18)25/h4-11,14,16H,3,12-13H2,1-2H3/b19-14+/t16-/m0/s1. The van der Waals surface area contributed by atoms with Crippen molar-refractivity contribution in [3.05, 3.63) is 65.2 Å². The molecule has 0 aliphatic carbocycles. The van der Waals surface area contributed by atoms with E-state index in [0.29, 0.717) is 24.5 Å². The third-order valence-electron chi connectivity index (χ3n) is 4.63. The second kappa shape index (κ2) is 9.07. The van der Waals surface area contributed by atoms with Gasteiger partial charge in [-0.05, 0) is 55.7 Å². The number of hydrogen-bond donors (Lipinski definition) is 0. The third kappa shape index (κ3) is 4.64. The van der Waals surface area contributed by atoms with Gasteiger partial charge in [0.2, 0.25) is 0 Å². The molecule has 6 nitrogen and oxygen atoms in total. The molecule has 0 N–H and O–H groups in total. The van der Waals surface area contributed by atoms with Crippen LogP contribution in [0.4, 0.5) is 5.69 Å². The van der Waals surface area contributed by atoms with Gasteiger partial charge >= 0.3 is 5.97 Å². The van der Waals surface area contributed by atoms with Crippen LogP contribution in [0.1, 0.15) is 25.0 Å². The second-order valence-electron chi connectivity index (χ2n) is 6.59. The minimum atomic E-state index is -0.995. The lowest BCUT2D eigenvalue weighted by Gasteiger charge is -2.21. The van der Waals surface area contributed by atoms with Crippen molar-refractivity contribution in [2.24, 2.45) is 0 Å². The van der Waals surface area contributed by atoms with E-state index in [0.717, 1.165) is 17.7 Å². The number of nitrogens with zero attached hydrogens (tertiary/aromatic N) is 2. The monoisotopic (exact) mass is 390 g/mol. The van der Waals surface area contributed by atoms with Gasteiger partial charge in [0, 0.05) is 12.2 Å². The van der Waals surface area contributed by atoms with Crippen LogP contribution in [0.3, 0.4) is 0 Å². The number of esters is 1. The molecule has 1 heterocycles. The molecule has 0 saturated heterocycles. The summed E-state index contributed by atoms with van der Waals surface area (Å²) in [5.74, 6) is -0.424. The largest absolute Gasteiger partial charge is 0.494 e. The van der Waals surface area contributed by atoms with Crippen LogP contribution in [0.25, 0.3) is 6.08 Å². The van der Waals surface area contributed by atoms with Crippen molar-refractivity contribution < 1.29 is 19.1 Å². The number of hydrogen-bond acceptors (Lipinski definition) is 5. The Bertz CT molecular complexity index is 973. The number of nitriles is 1. The Balaban J connectivity index is 1.67. The van der Waals surface area contributed by atoms with Crippen LogP contribution >= 0.6 is 0 Å². The highest BCUT2D eigenvalue weighted by molar-refractivity contribution is 6.02. The van der Waals surface area contributed by atoms with Gasteiger partial charge < -0.3 is 14.4 Å². The van der Waals surface area contributed by atoms with Gasteiger partial charge in [-0.2, -0.15) is 5.26 Å². The molecule has 0 saturated carbocycles. The molecule has 1 aliphatic heterocycles. The van der Waals surface area contributed by atoms with Crippen LogP contribution in [0.2, 0.25) is 0 Å². The highest BCUT2D eigenvalue weighted by atomic mass is 16.5. The van der Waals surface area contributed by atoms with E-state index in [4.69, 9.17) is 9.47 Å². The predicted octanol–water partition coefficient (Wildman–Crippen LogP) is 3.51. The average molecular weight is 390 g/mol. The van der Waals surface area contributed by atoms with Gasteiger partial charge in [0.25, 0.3) is 5.91 Å². The molecule has 3 rings (SSSR count). The number of rotatable bonds is 6. The van der Waals surface area contributed by atoms with E-state index in [1.54, 1.807) is 29.2 Å². The number of ether oxygens (including phenoxy) is 2. The third-order valence-corrected chi connectivity index (χ3v) is 4.63. The Morgan fingerprint density at radius 2 is 1.93 bits per heavy atom. The van der Waals surface area contributed by atoms with Gasteiger partial charge in [0.1, 0.15) is 17.4 Å². The average Bonchev–Trinajstić information content (AvgIpc) is 3.16. The van der Waals surface area contributed by atoms with Crippen molar-refractivity contribution in [1.29, 1.82) is 5.26 Å². The zero-order valence-corrected chi connectivity index (χ0v) is 16.4. The van der Waals surface area contributed by atoms with Crippen molar-refractivity contribution in [2.75, 3.05) is 18.1 Å². The zero-order chi connectivity index (χ0) is 20.8. The van der Waals surface area contributed by atoms with E-state index in [1.807, 2.05) is 37.3 Å². The topological polar surface area (TPSA) is 79.6 Å². The number of amides is 1. The van der Waals surface area contributed by atoms with Gasteiger partial charge in [-0.25, -0.2) is 4.79 Å². The van der Waals surface area contributed by atoms with E-state index in [1.165, 1.54) is 13.0 Å². The van der Waals surface area contributed by atoms with E-state index >= 15 is 0 Å². The van der Waals surface area contributed by atoms with Crippen molar-refractivity contribution in [3.63, 3.8) is 0 Å². The van der Waals surface area contributed by atoms with Gasteiger partial charge in [0.15, 0.2) is 6.10 Å². The number of benzene rings is 2. The smallest absolute Gasteiger partial charge is 0.349 e. The molecular weight excluding hydrogens is 368 g/mol. The number of anilines is 1. The summed E-state index contributed by atoms with van der Waals surface area (Å²) in [6.45, 7) is 4.51. The summed E-state index contributed by atoms with van der Waals surface area (Å²) in [6, 6.07) is 16.5. The predicted molar refractivity (Wildman–Crippen MR) is 109 cm³/mol. The molecule has 0 spiro atoms. The van der Waals surface area contributed by atoms with E-state index in [9.17, 15) is 14.9 Å². The Morgan fingerprint density at radius 1 is 1.21 bits per heavy atom. The molecule has 0 aromatic heterocycles. The first-order chi connectivity index (χ1) is 14.0. The normalized spacial score (nSPS) is 14.0. The van der Waals surface area contributed by atoms with Crippen molar-refractivity contribution in [1.82, 2.24) is 0 Å². The molecule has 2 aromatic rings. The summed E-state index contributed by atoms with van der Waals surface area (Å²) in [6.07, 6.45) is 1.20. The summed E-state index contributed by atoms with van der Waals surface area (Å²) >= 11 is 0. The van der Waals surface area contributed by atoms with Crippen LogP contribution in [0, 0.1) is 11.3 Å². The maximum Gasteiger partial charge on any atom is 0.349 e. The van der Waals surface area contributed by atoms with Crippen molar-refractivity contribution in [3.8, 4) is 11.8 Å². The molecule has 1 aliphatic rings. The van der Waals surface area contributed by atoms with Crippen LogP contribution in [0.5, 0.6) is 5.75 Å². The van der Waals surface area contributed by atoms with Gasteiger partial charge in [0.05, 0.1) is 6.61 Å². The number of carbonyl (C=O) groups is 2. The van der Waals surface area contributed by atoms with Crippen LogP contribution in [-0.2, 0) is 20.7 Å². The molecule has 0 radical (unpaired) electrons. The quantitative estimate of drug-likeness (QED) is 0.428. The number of para-hydroxylation sites is 1. The summed E-state index contributed by atoms with van der Waals surface area (Å²) in [7, 11) is 0. The molecular formula is C23H22N2O4. The minimum Gasteiger partial charge on any atom is -0.494 e. The Morgan fingerprint density at radius 3 is 2.62 bits per heavy atom. The summed E-state index contributed by atoms with van der Waals surface area (Å²) in [5, 5.41) is 9.35. The first kappa shape index (κ1) is 20.2. The Labute approximate surface area is 170 Å². The van der Waals surface area contributed by atoms with Crippen molar-refractivity contribution in [2.45, 2.75) is 26.4 Å². The Hall–Kier alpha value is -3.59. The van der Waals surface area contributed by atoms with Gasteiger partial charge in [-0.1, -0.05) is 30.3 Å². The maximum atomic E-state index is 12.7. The lowest BCUT2D eigenvalue weighted by molar-refractivity contribution is -0.149. The second-order valence-corrected chi connectivity index (χ2v) is 6.59. The molecule has 6 heteroatoms. The van der Waals surface area contributed by atoms with Crippen LogP contribution < -0.4 is 9.64 Å². The molecule has 2 aromatic carbocycles. The SMILES string of the molecule is CCOc1ccc(/C=C(\C#N)C(=O)O[C@@H](C)C(=O)N2CCc3ccccc32)cc1. The highest BCUT2D eigenvalue weighted by Crippen LogP contribution is 2.28. The number of carbonyl (C=O) groups excluding carboxylic acids is 2. The van der Waals surface area contributed by atoms with E-state index in [-0.39, 0.29) is 11.5 Å². The number of fused-ring (bicyclic) bond motifs is 1. The Kier molecular flexibility index (Phi) is 6.30. The van der Waals surface area contributed by atoms with E-state index in [2.05, 4.69) is 0 Å². The minimum absolute atomic E-state index is 0.171.